The third-order valence-electron chi connectivity index (χ3n) is 7.28. The Balaban J connectivity index is 1.18. The monoisotopic (exact) mass is 454 g/mol. The Kier molecular flexibility index (Phi) is 5.85. The van der Waals surface area contributed by atoms with Crippen molar-refractivity contribution in [2.24, 2.45) is 0 Å². The van der Waals surface area contributed by atoms with Crippen LogP contribution in [-0.4, -0.2) is 30.4 Å². The molecular weight excluding hydrogens is 427 g/mol. The molecule has 0 aromatic heterocycles. The summed E-state index contributed by atoms with van der Waals surface area (Å²) in [4.78, 5) is 15.5. The van der Waals surface area contributed by atoms with Gasteiger partial charge < -0.3 is 5.32 Å². The summed E-state index contributed by atoms with van der Waals surface area (Å²) in [6.07, 6.45) is 9.47. The van der Waals surface area contributed by atoms with Gasteiger partial charge in [-0.25, -0.2) is 0 Å². The van der Waals surface area contributed by atoms with Crippen molar-refractivity contribution >= 4 is 40.4 Å². The first kappa shape index (κ1) is 21.1. The van der Waals surface area contributed by atoms with E-state index in [-0.39, 0.29) is 11.3 Å². The van der Waals surface area contributed by atoms with Crippen molar-refractivity contribution in [2.45, 2.75) is 50.4 Å². The number of hydrogen-bond acceptors (Lipinski definition) is 2. The van der Waals surface area contributed by atoms with Gasteiger partial charge >= 0.3 is 0 Å². The van der Waals surface area contributed by atoms with Crippen molar-refractivity contribution in [3.8, 4) is 0 Å². The zero-order chi connectivity index (χ0) is 21.4. The summed E-state index contributed by atoms with van der Waals surface area (Å²) in [6, 6.07) is 12.1. The first-order valence-electron chi connectivity index (χ1n) is 11.4. The first-order chi connectivity index (χ1) is 15.1. The van der Waals surface area contributed by atoms with E-state index >= 15 is 0 Å². The second-order valence-corrected chi connectivity index (χ2v) is 9.93. The highest BCUT2D eigenvalue weighted by atomic mass is 35.5. The Morgan fingerprint density at radius 1 is 1.03 bits per heavy atom. The molecule has 0 saturated carbocycles. The smallest absolute Gasteiger partial charge is 0.235 e. The number of nitrogens with one attached hydrogen (secondary N) is 1. The molecule has 2 heterocycles. The van der Waals surface area contributed by atoms with E-state index in [0.29, 0.717) is 0 Å². The Bertz CT molecular complexity index is 1030. The van der Waals surface area contributed by atoms with Gasteiger partial charge in [0.15, 0.2) is 0 Å². The normalized spacial score (nSPS) is 22.8. The maximum Gasteiger partial charge on any atom is 0.235 e. The number of anilines is 1. The third kappa shape index (κ3) is 3.92. The van der Waals surface area contributed by atoms with Crippen LogP contribution in [0, 0.1) is 0 Å². The van der Waals surface area contributed by atoms with Gasteiger partial charge in [0, 0.05) is 28.8 Å². The van der Waals surface area contributed by atoms with E-state index < -0.39 is 0 Å². The number of halogens is 2. The number of amides is 1. The second-order valence-electron chi connectivity index (χ2n) is 9.08. The van der Waals surface area contributed by atoms with Crippen LogP contribution in [0.5, 0.6) is 0 Å². The topological polar surface area (TPSA) is 32.3 Å². The summed E-state index contributed by atoms with van der Waals surface area (Å²) < 4.78 is 0. The van der Waals surface area contributed by atoms with Gasteiger partial charge in [-0.15, -0.1) is 0 Å². The highest BCUT2D eigenvalue weighted by molar-refractivity contribution is 6.32. The molecule has 0 radical (unpaired) electrons. The summed E-state index contributed by atoms with van der Waals surface area (Å²) in [6.45, 7) is 3.16. The number of benzene rings is 2. The quantitative estimate of drug-likeness (QED) is 0.506. The molecule has 1 atom stereocenters. The molecule has 3 aliphatic rings. The maximum absolute atomic E-state index is 13.0. The maximum atomic E-state index is 13.0. The van der Waals surface area contributed by atoms with Gasteiger partial charge in [0.05, 0.1) is 5.41 Å². The third-order valence-corrected chi connectivity index (χ3v) is 7.89. The summed E-state index contributed by atoms with van der Waals surface area (Å²) in [5, 5.41) is 4.74. The molecule has 0 saturated heterocycles. The van der Waals surface area contributed by atoms with Crippen LogP contribution in [0.3, 0.4) is 0 Å². The standard InChI is InChI=1S/C26H28Cl2N2O/c27-20-7-5-18(6-8-20)19-11-16-30(17-12-19)15-2-1-13-26-14-3-4-21-22(28)9-10-23(24(21)26)29-25(26)31/h5-11H,1-4,12-17H2,(H,29,31)/t26-/m0/s1. The molecule has 2 aliphatic heterocycles. The lowest BCUT2D eigenvalue weighted by Crippen LogP contribution is -2.37. The van der Waals surface area contributed by atoms with Gasteiger partial charge in [0.1, 0.15) is 0 Å². The summed E-state index contributed by atoms with van der Waals surface area (Å²) in [5.41, 5.74) is 5.71. The molecule has 2 aromatic carbocycles. The Labute approximate surface area is 194 Å². The second kappa shape index (κ2) is 8.61. The summed E-state index contributed by atoms with van der Waals surface area (Å²) in [5.74, 6) is 0.180. The number of unbranched alkanes of at least 4 members (excludes halogenated alkanes) is 1. The van der Waals surface area contributed by atoms with Crippen LogP contribution in [0.25, 0.3) is 5.57 Å². The van der Waals surface area contributed by atoms with Crippen LogP contribution < -0.4 is 5.32 Å². The van der Waals surface area contributed by atoms with Crippen LogP contribution >= 0.6 is 23.2 Å². The molecule has 3 nitrogen and oxygen atoms in total. The van der Waals surface area contributed by atoms with Crippen molar-refractivity contribution in [3.05, 3.63) is 69.2 Å². The van der Waals surface area contributed by atoms with Crippen LogP contribution in [0.4, 0.5) is 5.69 Å². The molecule has 0 bridgehead atoms. The molecule has 0 unspecified atom stereocenters. The van der Waals surface area contributed by atoms with E-state index in [1.165, 1.54) is 22.3 Å². The fourth-order valence-corrected chi connectivity index (χ4v) is 6.02. The van der Waals surface area contributed by atoms with E-state index in [9.17, 15) is 4.79 Å². The van der Waals surface area contributed by atoms with Crippen LogP contribution in [0.2, 0.25) is 10.0 Å². The largest absolute Gasteiger partial charge is 0.325 e. The van der Waals surface area contributed by atoms with Gasteiger partial charge in [0.25, 0.3) is 0 Å². The molecule has 1 amide bonds. The van der Waals surface area contributed by atoms with E-state index in [2.05, 4.69) is 28.4 Å². The minimum Gasteiger partial charge on any atom is -0.325 e. The van der Waals surface area contributed by atoms with Crippen LogP contribution in [0.1, 0.15) is 55.2 Å². The molecule has 0 fully saturated rings. The van der Waals surface area contributed by atoms with Crippen LogP contribution in [0.15, 0.2) is 42.5 Å². The Hall–Kier alpha value is -1.81. The Morgan fingerprint density at radius 2 is 1.87 bits per heavy atom. The van der Waals surface area contributed by atoms with E-state index in [0.717, 1.165) is 80.3 Å². The summed E-state index contributed by atoms with van der Waals surface area (Å²) in [7, 11) is 0. The fraction of sp³-hybridized carbons (Fsp3) is 0.423. The first-order valence-corrected chi connectivity index (χ1v) is 12.1. The van der Waals surface area contributed by atoms with Crippen molar-refractivity contribution in [3.63, 3.8) is 0 Å². The average Bonchev–Trinajstić information content (AvgIpc) is 3.08. The molecule has 162 valence electrons. The van der Waals surface area contributed by atoms with Crippen molar-refractivity contribution < 1.29 is 4.79 Å². The Morgan fingerprint density at radius 3 is 2.65 bits per heavy atom. The molecule has 1 aliphatic carbocycles. The lowest BCUT2D eigenvalue weighted by atomic mass is 9.68. The van der Waals surface area contributed by atoms with E-state index in [1.54, 1.807) is 0 Å². The van der Waals surface area contributed by atoms with E-state index in [4.69, 9.17) is 23.2 Å². The predicted octanol–water partition coefficient (Wildman–Crippen LogP) is 6.48. The molecular formula is C26H28Cl2N2O. The molecule has 1 N–H and O–H groups in total. The zero-order valence-electron chi connectivity index (χ0n) is 17.7. The lowest BCUT2D eigenvalue weighted by Gasteiger charge is -2.34. The number of carbonyl (C=O) groups excluding carboxylic acids is 1. The van der Waals surface area contributed by atoms with Crippen molar-refractivity contribution in [1.29, 1.82) is 0 Å². The zero-order valence-corrected chi connectivity index (χ0v) is 19.2. The van der Waals surface area contributed by atoms with Crippen LogP contribution in [-0.2, 0) is 16.6 Å². The highest BCUT2D eigenvalue weighted by Crippen LogP contribution is 2.51. The predicted molar refractivity (Wildman–Crippen MR) is 129 cm³/mol. The minimum absolute atomic E-state index is 0.180. The number of carbonyl (C=O) groups is 1. The SMILES string of the molecule is O=C1Nc2ccc(Cl)c3c2[C@]1(CCCCN1CC=C(c2ccc(Cl)cc2)CC1)CCC3. The van der Waals surface area contributed by atoms with E-state index in [1.807, 2.05) is 24.3 Å². The highest BCUT2D eigenvalue weighted by Gasteiger charge is 2.49. The molecule has 5 rings (SSSR count). The summed E-state index contributed by atoms with van der Waals surface area (Å²) >= 11 is 12.5. The van der Waals surface area contributed by atoms with Gasteiger partial charge in [-0.2, -0.15) is 0 Å². The molecule has 0 spiro atoms. The fourth-order valence-electron chi connectivity index (χ4n) is 5.64. The van der Waals surface area contributed by atoms with Crippen molar-refractivity contribution in [1.82, 2.24) is 4.90 Å². The number of nitrogens with zero attached hydrogens (tertiary/aromatic N) is 1. The average molecular weight is 455 g/mol. The number of rotatable bonds is 6. The minimum atomic E-state index is -0.364. The molecule has 2 aromatic rings. The van der Waals surface area contributed by atoms with Gasteiger partial charge in [-0.05, 0) is 91.6 Å². The van der Waals surface area contributed by atoms with Gasteiger partial charge in [0.2, 0.25) is 5.91 Å². The molecule has 5 heteroatoms. The van der Waals surface area contributed by atoms with Gasteiger partial charge in [-0.3, -0.25) is 9.69 Å². The number of hydrogen-bond donors (Lipinski definition) is 1. The lowest BCUT2D eigenvalue weighted by molar-refractivity contribution is -0.121. The van der Waals surface area contributed by atoms with Gasteiger partial charge in [-0.1, -0.05) is 47.8 Å². The van der Waals surface area contributed by atoms with Crippen molar-refractivity contribution in [2.75, 3.05) is 25.0 Å². The molecule has 31 heavy (non-hydrogen) atoms.